The van der Waals surface area contributed by atoms with Crippen LogP contribution in [0.25, 0.3) is 11.5 Å². The number of rotatable bonds is 6. The summed E-state index contributed by atoms with van der Waals surface area (Å²) in [5.41, 5.74) is 2.86. The predicted octanol–water partition coefficient (Wildman–Crippen LogP) is 3.73. The summed E-state index contributed by atoms with van der Waals surface area (Å²) in [6.45, 7) is 5.54. The monoisotopic (exact) mass is 440 g/mol. The Balaban J connectivity index is 1.39. The van der Waals surface area contributed by atoms with Crippen molar-refractivity contribution in [2.75, 3.05) is 33.3 Å². The van der Waals surface area contributed by atoms with Crippen LogP contribution in [-0.2, 0) is 16.1 Å². The molecule has 162 valence electrons. The molecule has 1 aromatic heterocycles. The fraction of sp³-hybridized carbons (Fsp3) is 0.348. The first-order valence-corrected chi connectivity index (χ1v) is 10.6. The van der Waals surface area contributed by atoms with Crippen LogP contribution in [0.15, 0.2) is 52.9 Å². The normalized spacial score (nSPS) is 16.2. The van der Waals surface area contributed by atoms with Crippen LogP contribution in [-0.4, -0.2) is 59.3 Å². The fourth-order valence-electron chi connectivity index (χ4n) is 3.78. The number of methoxy groups -OCH3 is 1. The van der Waals surface area contributed by atoms with E-state index in [0.717, 1.165) is 24.2 Å². The summed E-state index contributed by atoms with van der Waals surface area (Å²) in [7, 11) is 1.41. The van der Waals surface area contributed by atoms with Gasteiger partial charge in [-0.05, 0) is 30.7 Å². The standard InChI is InChI=1S/C23H25ClN4O3/c1-16-7-9-17(10-8-16)22-26-25-20(31-22)15-27-11-13-28(14-12-27)21(23(29)30-2)18-5-3-4-6-19(18)24/h3-10,21H,11-15H2,1-2H3. The second-order valence-corrected chi connectivity index (χ2v) is 8.03. The van der Waals surface area contributed by atoms with E-state index >= 15 is 0 Å². The van der Waals surface area contributed by atoms with Crippen molar-refractivity contribution in [3.05, 3.63) is 70.6 Å². The molecular weight excluding hydrogens is 416 g/mol. The summed E-state index contributed by atoms with van der Waals surface area (Å²) in [6, 6.07) is 14.9. The number of aromatic nitrogens is 2. The van der Waals surface area contributed by atoms with Crippen LogP contribution >= 0.6 is 11.6 Å². The van der Waals surface area contributed by atoms with Gasteiger partial charge in [-0.2, -0.15) is 0 Å². The lowest BCUT2D eigenvalue weighted by molar-refractivity contribution is -0.148. The zero-order valence-electron chi connectivity index (χ0n) is 17.6. The minimum absolute atomic E-state index is 0.304. The van der Waals surface area contributed by atoms with Gasteiger partial charge in [-0.25, -0.2) is 4.79 Å². The molecule has 31 heavy (non-hydrogen) atoms. The molecule has 1 fully saturated rings. The molecule has 4 rings (SSSR count). The molecule has 0 amide bonds. The van der Waals surface area contributed by atoms with E-state index in [9.17, 15) is 4.79 Å². The number of piperazine rings is 1. The van der Waals surface area contributed by atoms with Crippen LogP contribution in [0, 0.1) is 6.92 Å². The molecule has 1 aliphatic rings. The molecule has 0 radical (unpaired) electrons. The van der Waals surface area contributed by atoms with Gasteiger partial charge in [0.1, 0.15) is 6.04 Å². The largest absolute Gasteiger partial charge is 0.468 e. The summed E-state index contributed by atoms with van der Waals surface area (Å²) >= 11 is 6.36. The summed E-state index contributed by atoms with van der Waals surface area (Å²) in [5.74, 6) is 0.805. The third-order valence-electron chi connectivity index (χ3n) is 5.52. The summed E-state index contributed by atoms with van der Waals surface area (Å²) in [4.78, 5) is 16.9. The maximum absolute atomic E-state index is 12.5. The maximum atomic E-state index is 12.5. The van der Waals surface area contributed by atoms with Gasteiger partial charge in [0.05, 0.1) is 13.7 Å². The highest BCUT2D eigenvalue weighted by Crippen LogP contribution is 2.29. The highest BCUT2D eigenvalue weighted by atomic mass is 35.5. The lowest BCUT2D eigenvalue weighted by atomic mass is 10.0. The smallest absolute Gasteiger partial charge is 0.327 e. The molecule has 0 bridgehead atoms. The molecule has 0 N–H and O–H groups in total. The van der Waals surface area contributed by atoms with E-state index in [2.05, 4.69) is 20.0 Å². The van der Waals surface area contributed by atoms with Crippen LogP contribution in [0.2, 0.25) is 5.02 Å². The van der Waals surface area contributed by atoms with Gasteiger partial charge >= 0.3 is 5.97 Å². The summed E-state index contributed by atoms with van der Waals surface area (Å²) in [6.07, 6.45) is 0. The number of esters is 1. The number of nitrogens with zero attached hydrogens (tertiary/aromatic N) is 4. The quantitative estimate of drug-likeness (QED) is 0.541. The molecule has 1 unspecified atom stereocenters. The van der Waals surface area contributed by atoms with E-state index in [0.29, 0.717) is 36.4 Å². The van der Waals surface area contributed by atoms with Crippen LogP contribution in [0.5, 0.6) is 0 Å². The van der Waals surface area contributed by atoms with Crippen LogP contribution in [0.3, 0.4) is 0 Å². The molecule has 1 atom stereocenters. The fourth-order valence-corrected chi connectivity index (χ4v) is 4.02. The number of aryl methyl sites for hydroxylation is 1. The number of ether oxygens (including phenoxy) is 1. The van der Waals surface area contributed by atoms with Gasteiger partial charge in [0.2, 0.25) is 11.8 Å². The highest BCUT2D eigenvalue weighted by molar-refractivity contribution is 6.31. The molecule has 3 aromatic rings. The Hall–Kier alpha value is -2.74. The van der Waals surface area contributed by atoms with Gasteiger partial charge in [0.25, 0.3) is 0 Å². The lowest BCUT2D eigenvalue weighted by Crippen LogP contribution is -2.49. The molecular formula is C23H25ClN4O3. The number of hydrogen-bond donors (Lipinski definition) is 0. The van der Waals surface area contributed by atoms with Crippen molar-refractivity contribution in [3.63, 3.8) is 0 Å². The third-order valence-corrected chi connectivity index (χ3v) is 5.86. The second-order valence-electron chi connectivity index (χ2n) is 7.63. The van der Waals surface area contributed by atoms with E-state index in [-0.39, 0.29) is 5.97 Å². The number of carbonyl (C=O) groups excluding carboxylic acids is 1. The molecule has 2 aromatic carbocycles. The van der Waals surface area contributed by atoms with Gasteiger partial charge in [-0.15, -0.1) is 10.2 Å². The summed E-state index contributed by atoms with van der Waals surface area (Å²) < 4.78 is 10.9. The molecule has 8 heteroatoms. The van der Waals surface area contributed by atoms with E-state index in [1.807, 2.05) is 49.4 Å². The van der Waals surface area contributed by atoms with Crippen molar-refractivity contribution in [3.8, 4) is 11.5 Å². The average Bonchev–Trinajstić information content (AvgIpc) is 3.25. The Bertz CT molecular complexity index is 1030. The molecule has 1 saturated heterocycles. The van der Waals surface area contributed by atoms with Crippen LogP contribution in [0.1, 0.15) is 23.1 Å². The highest BCUT2D eigenvalue weighted by Gasteiger charge is 2.32. The molecule has 1 aliphatic heterocycles. The molecule has 0 saturated carbocycles. The van der Waals surface area contributed by atoms with Gasteiger partial charge < -0.3 is 9.15 Å². The van der Waals surface area contributed by atoms with Gasteiger partial charge in [-0.3, -0.25) is 9.80 Å². The number of carbonyl (C=O) groups is 1. The van der Waals surface area contributed by atoms with Gasteiger partial charge in [0, 0.05) is 36.8 Å². The molecule has 2 heterocycles. The van der Waals surface area contributed by atoms with E-state index < -0.39 is 6.04 Å². The van der Waals surface area contributed by atoms with Crippen molar-refractivity contribution >= 4 is 17.6 Å². The van der Waals surface area contributed by atoms with E-state index in [4.69, 9.17) is 20.8 Å². The summed E-state index contributed by atoms with van der Waals surface area (Å²) in [5, 5.41) is 8.94. The van der Waals surface area contributed by atoms with Gasteiger partial charge in [-0.1, -0.05) is 47.5 Å². The van der Waals surface area contributed by atoms with Crippen molar-refractivity contribution in [1.29, 1.82) is 0 Å². The first-order valence-electron chi connectivity index (χ1n) is 10.2. The topological polar surface area (TPSA) is 71.7 Å². The zero-order valence-corrected chi connectivity index (χ0v) is 18.4. The zero-order chi connectivity index (χ0) is 21.8. The number of benzene rings is 2. The Kier molecular flexibility index (Phi) is 6.65. The van der Waals surface area contributed by atoms with Crippen molar-refractivity contribution in [2.24, 2.45) is 0 Å². The van der Waals surface area contributed by atoms with Crippen LogP contribution < -0.4 is 0 Å². The number of halogens is 1. The van der Waals surface area contributed by atoms with E-state index in [1.165, 1.54) is 12.7 Å². The van der Waals surface area contributed by atoms with E-state index in [1.54, 1.807) is 6.07 Å². The Morgan fingerprint density at radius 2 is 1.81 bits per heavy atom. The van der Waals surface area contributed by atoms with Crippen molar-refractivity contribution in [2.45, 2.75) is 19.5 Å². The van der Waals surface area contributed by atoms with Crippen molar-refractivity contribution in [1.82, 2.24) is 20.0 Å². The Labute approximate surface area is 186 Å². The first-order chi connectivity index (χ1) is 15.0. The lowest BCUT2D eigenvalue weighted by Gasteiger charge is -2.37. The third kappa shape index (κ3) is 4.95. The predicted molar refractivity (Wildman–Crippen MR) is 118 cm³/mol. The SMILES string of the molecule is COC(=O)C(c1ccccc1Cl)N1CCN(Cc2nnc(-c3ccc(C)cc3)o2)CC1. The Morgan fingerprint density at radius 3 is 2.48 bits per heavy atom. The Morgan fingerprint density at radius 1 is 1.10 bits per heavy atom. The van der Waals surface area contributed by atoms with Crippen LogP contribution in [0.4, 0.5) is 0 Å². The maximum Gasteiger partial charge on any atom is 0.327 e. The first kappa shape index (κ1) is 21.5. The minimum atomic E-state index is -0.516. The molecule has 0 spiro atoms. The number of hydrogen-bond acceptors (Lipinski definition) is 7. The second kappa shape index (κ2) is 9.60. The van der Waals surface area contributed by atoms with Gasteiger partial charge in [0.15, 0.2) is 0 Å². The minimum Gasteiger partial charge on any atom is -0.468 e. The van der Waals surface area contributed by atoms with Crippen molar-refractivity contribution < 1.29 is 13.9 Å². The average molecular weight is 441 g/mol. The molecule has 7 nitrogen and oxygen atoms in total. The molecule has 0 aliphatic carbocycles.